The molecule has 0 aromatic heterocycles. The first-order chi connectivity index (χ1) is 10.5. The van der Waals surface area contributed by atoms with Gasteiger partial charge in [-0.3, -0.25) is 19.7 Å². The van der Waals surface area contributed by atoms with Gasteiger partial charge in [-0.05, 0) is 23.8 Å². The maximum absolute atomic E-state index is 12.1. The first-order valence-electron chi connectivity index (χ1n) is 6.33. The minimum atomic E-state index is -0.948. The number of carbonyl (C=O) groups is 2. The summed E-state index contributed by atoms with van der Waals surface area (Å²) in [5, 5.41) is 22.1. The zero-order valence-electron chi connectivity index (χ0n) is 11.4. The van der Waals surface area contributed by atoms with Crippen molar-refractivity contribution < 1.29 is 19.6 Å². The molecule has 0 aliphatic heterocycles. The number of nitro groups is 1. The molecule has 1 amide bonds. The number of nitrogens with zero attached hydrogens (tertiary/aromatic N) is 1. The Morgan fingerprint density at radius 3 is 2.32 bits per heavy atom. The van der Waals surface area contributed by atoms with Crippen LogP contribution in [0.25, 0.3) is 0 Å². The highest BCUT2D eigenvalue weighted by Crippen LogP contribution is 2.19. The number of carboxylic acid groups (broad SMARTS) is 1. The maximum Gasteiger partial charge on any atom is 0.307 e. The zero-order chi connectivity index (χ0) is 16.1. The lowest BCUT2D eigenvalue weighted by atomic mass is 10.1. The molecule has 0 fully saturated rings. The van der Waals surface area contributed by atoms with Crippen LogP contribution in [-0.2, 0) is 11.2 Å². The van der Waals surface area contributed by atoms with Crippen molar-refractivity contribution in [3.05, 3.63) is 69.8 Å². The van der Waals surface area contributed by atoms with Crippen LogP contribution in [0.4, 0.5) is 11.4 Å². The molecule has 2 aromatic rings. The summed E-state index contributed by atoms with van der Waals surface area (Å²) in [4.78, 5) is 33.0. The topological polar surface area (TPSA) is 110 Å². The van der Waals surface area contributed by atoms with Gasteiger partial charge in [-0.15, -0.1) is 0 Å². The molecule has 0 unspecified atom stereocenters. The highest BCUT2D eigenvalue weighted by Gasteiger charge is 2.19. The molecular weight excluding hydrogens is 288 g/mol. The monoisotopic (exact) mass is 300 g/mol. The zero-order valence-corrected chi connectivity index (χ0v) is 11.4. The molecule has 0 heterocycles. The van der Waals surface area contributed by atoms with Crippen LogP contribution in [0, 0.1) is 10.1 Å². The molecule has 0 atom stereocenters. The Balaban J connectivity index is 2.15. The molecule has 0 bridgehead atoms. The Morgan fingerprint density at radius 2 is 1.73 bits per heavy atom. The van der Waals surface area contributed by atoms with Crippen LogP contribution in [0.2, 0.25) is 0 Å². The summed E-state index contributed by atoms with van der Waals surface area (Å²) in [7, 11) is 0. The molecule has 0 spiro atoms. The lowest BCUT2D eigenvalue weighted by Crippen LogP contribution is -2.13. The van der Waals surface area contributed by atoms with Gasteiger partial charge < -0.3 is 10.4 Å². The van der Waals surface area contributed by atoms with Crippen LogP contribution in [0.1, 0.15) is 15.9 Å². The van der Waals surface area contributed by atoms with Gasteiger partial charge in [0.05, 0.1) is 11.3 Å². The Hall–Kier alpha value is -3.22. The summed E-state index contributed by atoms with van der Waals surface area (Å²) in [5.74, 6) is -1.55. The van der Waals surface area contributed by atoms with Gasteiger partial charge in [0.15, 0.2) is 0 Å². The van der Waals surface area contributed by atoms with E-state index in [1.807, 2.05) is 0 Å². The predicted octanol–water partition coefficient (Wildman–Crippen LogP) is 2.47. The Morgan fingerprint density at radius 1 is 1.09 bits per heavy atom. The molecule has 7 nitrogen and oxygen atoms in total. The van der Waals surface area contributed by atoms with Crippen molar-refractivity contribution in [3.8, 4) is 0 Å². The molecule has 7 heteroatoms. The summed E-state index contributed by atoms with van der Waals surface area (Å²) in [6.45, 7) is 0. The molecular formula is C15H12N2O5. The van der Waals surface area contributed by atoms with Crippen LogP contribution in [0.3, 0.4) is 0 Å². The minimum absolute atomic E-state index is 0.0397. The van der Waals surface area contributed by atoms with E-state index in [9.17, 15) is 19.7 Å². The summed E-state index contributed by atoms with van der Waals surface area (Å²) < 4.78 is 0. The third-order valence-electron chi connectivity index (χ3n) is 2.91. The molecule has 2 rings (SSSR count). The van der Waals surface area contributed by atoms with E-state index in [0.717, 1.165) is 0 Å². The molecule has 0 aliphatic carbocycles. The van der Waals surface area contributed by atoms with Crippen LogP contribution in [-0.4, -0.2) is 21.9 Å². The van der Waals surface area contributed by atoms with Crippen molar-refractivity contribution in [2.75, 3.05) is 5.32 Å². The van der Waals surface area contributed by atoms with Gasteiger partial charge in [-0.25, -0.2) is 0 Å². The average molecular weight is 300 g/mol. The second kappa shape index (κ2) is 6.49. The molecule has 2 N–H and O–H groups in total. The van der Waals surface area contributed by atoms with E-state index in [1.54, 1.807) is 24.3 Å². The summed E-state index contributed by atoms with van der Waals surface area (Å²) >= 11 is 0. The number of hydrogen-bond acceptors (Lipinski definition) is 4. The van der Waals surface area contributed by atoms with E-state index in [-0.39, 0.29) is 17.7 Å². The lowest BCUT2D eigenvalue weighted by molar-refractivity contribution is -0.385. The Bertz CT molecular complexity index is 725. The predicted molar refractivity (Wildman–Crippen MR) is 78.8 cm³/mol. The SMILES string of the molecule is O=C(O)Cc1ccc(NC(=O)c2ccccc2[N+](=O)[O-])cc1. The summed E-state index contributed by atoms with van der Waals surface area (Å²) in [6, 6.07) is 11.9. The second-order valence-electron chi connectivity index (χ2n) is 4.50. The van der Waals surface area contributed by atoms with E-state index >= 15 is 0 Å². The highest BCUT2D eigenvalue weighted by atomic mass is 16.6. The van der Waals surface area contributed by atoms with Crippen molar-refractivity contribution in [2.45, 2.75) is 6.42 Å². The molecule has 0 saturated heterocycles. The molecule has 0 aliphatic rings. The normalized spacial score (nSPS) is 10.0. The molecule has 22 heavy (non-hydrogen) atoms. The van der Waals surface area contributed by atoms with Gasteiger partial charge >= 0.3 is 5.97 Å². The van der Waals surface area contributed by atoms with Gasteiger partial charge in [-0.1, -0.05) is 24.3 Å². The third kappa shape index (κ3) is 3.66. The van der Waals surface area contributed by atoms with Gasteiger partial charge in [0.25, 0.3) is 11.6 Å². The van der Waals surface area contributed by atoms with E-state index in [0.29, 0.717) is 11.3 Å². The van der Waals surface area contributed by atoms with Crippen LogP contribution >= 0.6 is 0 Å². The fraction of sp³-hybridized carbons (Fsp3) is 0.0667. The van der Waals surface area contributed by atoms with E-state index < -0.39 is 16.8 Å². The summed E-state index contributed by atoms with van der Waals surface area (Å²) in [6.07, 6.45) is -0.113. The van der Waals surface area contributed by atoms with Crippen molar-refractivity contribution in [3.63, 3.8) is 0 Å². The highest BCUT2D eigenvalue weighted by molar-refractivity contribution is 6.07. The largest absolute Gasteiger partial charge is 0.481 e. The van der Waals surface area contributed by atoms with Gasteiger partial charge in [0.2, 0.25) is 0 Å². The van der Waals surface area contributed by atoms with Gasteiger partial charge in [0.1, 0.15) is 5.56 Å². The number of aliphatic carboxylic acids is 1. The number of para-hydroxylation sites is 1. The van der Waals surface area contributed by atoms with E-state index in [4.69, 9.17) is 5.11 Å². The number of benzene rings is 2. The Labute approximate surface area is 125 Å². The fourth-order valence-electron chi connectivity index (χ4n) is 1.90. The lowest BCUT2D eigenvalue weighted by Gasteiger charge is -2.06. The third-order valence-corrected chi connectivity index (χ3v) is 2.91. The number of amides is 1. The first-order valence-corrected chi connectivity index (χ1v) is 6.33. The fourth-order valence-corrected chi connectivity index (χ4v) is 1.90. The van der Waals surface area contributed by atoms with E-state index in [1.165, 1.54) is 24.3 Å². The van der Waals surface area contributed by atoms with Crippen LogP contribution in [0.15, 0.2) is 48.5 Å². The summed E-state index contributed by atoms with van der Waals surface area (Å²) in [5.41, 5.74) is 0.707. The number of anilines is 1. The standard InChI is InChI=1S/C15H12N2O5/c18-14(19)9-10-5-7-11(8-6-10)16-15(20)12-3-1-2-4-13(12)17(21)22/h1-8H,9H2,(H,16,20)(H,18,19). The number of hydrogen-bond donors (Lipinski definition) is 2. The van der Waals surface area contributed by atoms with Gasteiger partial charge in [0, 0.05) is 11.8 Å². The molecule has 112 valence electrons. The number of nitro benzene ring substituents is 1. The number of carbonyl (C=O) groups excluding carboxylic acids is 1. The maximum atomic E-state index is 12.1. The first kappa shape index (κ1) is 15.2. The quantitative estimate of drug-likeness (QED) is 0.651. The smallest absolute Gasteiger partial charge is 0.307 e. The molecule has 0 saturated carbocycles. The minimum Gasteiger partial charge on any atom is -0.481 e. The molecule has 2 aromatic carbocycles. The molecule has 0 radical (unpaired) electrons. The number of rotatable bonds is 5. The van der Waals surface area contributed by atoms with Crippen LogP contribution < -0.4 is 5.32 Å². The van der Waals surface area contributed by atoms with Crippen molar-refractivity contribution in [2.24, 2.45) is 0 Å². The van der Waals surface area contributed by atoms with Crippen molar-refractivity contribution in [1.29, 1.82) is 0 Å². The van der Waals surface area contributed by atoms with Crippen molar-refractivity contribution >= 4 is 23.3 Å². The number of nitrogens with one attached hydrogen (secondary N) is 1. The second-order valence-corrected chi connectivity index (χ2v) is 4.50. The van der Waals surface area contributed by atoms with Gasteiger partial charge in [-0.2, -0.15) is 0 Å². The van der Waals surface area contributed by atoms with E-state index in [2.05, 4.69) is 5.32 Å². The number of carboxylic acids is 1. The Kier molecular flexibility index (Phi) is 4.47. The average Bonchev–Trinajstić information content (AvgIpc) is 2.48. The van der Waals surface area contributed by atoms with Crippen LogP contribution in [0.5, 0.6) is 0 Å². The van der Waals surface area contributed by atoms with Crippen molar-refractivity contribution in [1.82, 2.24) is 0 Å².